The number of amides is 1. The van der Waals surface area contributed by atoms with Crippen molar-refractivity contribution in [2.45, 2.75) is 19.8 Å². The van der Waals surface area contributed by atoms with E-state index in [1.165, 1.54) is 25.1 Å². The van der Waals surface area contributed by atoms with Crippen LogP contribution in [0.5, 0.6) is 5.75 Å². The summed E-state index contributed by atoms with van der Waals surface area (Å²) in [6.07, 6.45) is 2.05. The number of hydrogen-bond acceptors (Lipinski definition) is 3. The van der Waals surface area contributed by atoms with E-state index in [9.17, 15) is 14.0 Å². The van der Waals surface area contributed by atoms with Gasteiger partial charge in [-0.2, -0.15) is 0 Å². The molecule has 0 aliphatic carbocycles. The first-order chi connectivity index (χ1) is 9.08. The molecule has 0 saturated carbocycles. The van der Waals surface area contributed by atoms with E-state index in [1.54, 1.807) is 4.90 Å². The highest BCUT2D eigenvalue weighted by molar-refractivity contribution is 5.94. The van der Waals surface area contributed by atoms with E-state index >= 15 is 0 Å². The Kier molecular flexibility index (Phi) is 4.14. The van der Waals surface area contributed by atoms with Crippen molar-refractivity contribution in [1.29, 1.82) is 0 Å². The van der Waals surface area contributed by atoms with E-state index in [4.69, 9.17) is 4.74 Å². The Balaban J connectivity index is 1.97. The maximum atomic E-state index is 13.3. The quantitative estimate of drug-likeness (QED) is 0.782. The van der Waals surface area contributed by atoms with Gasteiger partial charge in [-0.1, -0.05) is 0 Å². The molecule has 4 nitrogen and oxygen atoms in total. The molecule has 2 rings (SSSR count). The van der Waals surface area contributed by atoms with E-state index in [1.807, 2.05) is 0 Å². The number of ether oxygens (including phenoxy) is 1. The Morgan fingerprint density at radius 2 is 2.00 bits per heavy atom. The Morgan fingerprint density at radius 1 is 1.32 bits per heavy atom. The third-order valence-electron chi connectivity index (χ3n) is 3.14. The van der Waals surface area contributed by atoms with Gasteiger partial charge in [-0.25, -0.2) is 4.39 Å². The largest absolute Gasteiger partial charge is 0.484 e. The van der Waals surface area contributed by atoms with Crippen LogP contribution in [0, 0.1) is 5.82 Å². The molecule has 0 unspecified atom stereocenters. The van der Waals surface area contributed by atoms with Gasteiger partial charge in [-0.3, -0.25) is 9.59 Å². The Morgan fingerprint density at radius 3 is 2.63 bits per heavy atom. The molecule has 0 bridgehead atoms. The summed E-state index contributed by atoms with van der Waals surface area (Å²) < 4.78 is 18.6. The van der Waals surface area contributed by atoms with Crippen LogP contribution in [0.2, 0.25) is 0 Å². The van der Waals surface area contributed by atoms with Crippen molar-refractivity contribution in [3.05, 3.63) is 29.6 Å². The van der Waals surface area contributed by atoms with Gasteiger partial charge in [0.1, 0.15) is 11.6 Å². The van der Waals surface area contributed by atoms with Crippen LogP contribution in [-0.4, -0.2) is 36.3 Å². The fourth-order valence-corrected chi connectivity index (χ4v) is 2.07. The van der Waals surface area contributed by atoms with Gasteiger partial charge >= 0.3 is 0 Å². The Hall–Kier alpha value is -1.91. The van der Waals surface area contributed by atoms with Gasteiger partial charge in [0, 0.05) is 13.1 Å². The minimum atomic E-state index is -0.578. The molecule has 1 aromatic rings. The summed E-state index contributed by atoms with van der Waals surface area (Å²) in [6, 6.07) is 3.92. The van der Waals surface area contributed by atoms with Crippen LogP contribution >= 0.6 is 0 Å². The normalized spacial score (nSPS) is 14.5. The fourth-order valence-electron chi connectivity index (χ4n) is 2.07. The van der Waals surface area contributed by atoms with Crippen molar-refractivity contribution in [1.82, 2.24) is 4.90 Å². The van der Waals surface area contributed by atoms with E-state index in [-0.39, 0.29) is 23.9 Å². The molecule has 1 fully saturated rings. The van der Waals surface area contributed by atoms with Crippen LogP contribution in [0.1, 0.15) is 30.1 Å². The number of ketones is 1. The Labute approximate surface area is 111 Å². The molecule has 5 heteroatoms. The van der Waals surface area contributed by atoms with Crippen LogP contribution in [-0.2, 0) is 4.79 Å². The molecule has 102 valence electrons. The number of Topliss-reactive ketones (excluding diaryl/α,β-unsaturated/α-hetero) is 1. The van der Waals surface area contributed by atoms with Crippen LogP contribution < -0.4 is 4.74 Å². The van der Waals surface area contributed by atoms with Crippen molar-refractivity contribution in [3.63, 3.8) is 0 Å². The second-order valence-electron chi connectivity index (χ2n) is 4.57. The Bertz CT molecular complexity index is 495. The summed E-state index contributed by atoms with van der Waals surface area (Å²) >= 11 is 0. The van der Waals surface area contributed by atoms with E-state index < -0.39 is 5.82 Å². The number of halogens is 1. The van der Waals surface area contributed by atoms with Crippen LogP contribution in [0.4, 0.5) is 4.39 Å². The summed E-state index contributed by atoms with van der Waals surface area (Å²) in [6.45, 7) is 2.75. The van der Waals surface area contributed by atoms with Gasteiger partial charge < -0.3 is 9.64 Å². The zero-order valence-electron chi connectivity index (χ0n) is 10.8. The third kappa shape index (κ3) is 3.30. The smallest absolute Gasteiger partial charge is 0.260 e. The highest BCUT2D eigenvalue weighted by Crippen LogP contribution is 2.18. The predicted octanol–water partition coefficient (Wildman–Crippen LogP) is 2.03. The summed E-state index contributed by atoms with van der Waals surface area (Å²) in [7, 11) is 0. The molecule has 1 heterocycles. The van der Waals surface area contributed by atoms with Crippen LogP contribution in [0.25, 0.3) is 0 Å². The van der Waals surface area contributed by atoms with Crippen molar-refractivity contribution in [2.24, 2.45) is 0 Å². The first-order valence-electron chi connectivity index (χ1n) is 6.29. The van der Waals surface area contributed by atoms with Crippen LogP contribution in [0.3, 0.4) is 0 Å². The molecule has 0 atom stereocenters. The zero-order valence-corrected chi connectivity index (χ0v) is 10.8. The number of rotatable bonds is 4. The van der Waals surface area contributed by atoms with E-state index in [0.717, 1.165) is 25.9 Å². The summed E-state index contributed by atoms with van der Waals surface area (Å²) in [5, 5.41) is 0. The maximum Gasteiger partial charge on any atom is 0.260 e. The minimum absolute atomic E-state index is 0.0221. The number of likely N-dealkylation sites (tertiary alicyclic amines) is 1. The number of benzene rings is 1. The molecular weight excluding hydrogens is 249 g/mol. The average molecular weight is 265 g/mol. The van der Waals surface area contributed by atoms with Crippen molar-refractivity contribution in [2.75, 3.05) is 19.7 Å². The number of carbonyl (C=O) groups excluding carboxylic acids is 2. The number of nitrogens with zero attached hydrogens (tertiary/aromatic N) is 1. The molecule has 0 radical (unpaired) electrons. The zero-order chi connectivity index (χ0) is 13.8. The second-order valence-corrected chi connectivity index (χ2v) is 4.57. The monoisotopic (exact) mass is 265 g/mol. The lowest BCUT2D eigenvalue weighted by atomic mass is 10.1. The van der Waals surface area contributed by atoms with E-state index in [2.05, 4.69) is 0 Å². The van der Waals surface area contributed by atoms with Gasteiger partial charge in [-0.15, -0.1) is 0 Å². The average Bonchev–Trinajstić information content (AvgIpc) is 2.91. The molecule has 1 saturated heterocycles. The van der Waals surface area contributed by atoms with E-state index in [0.29, 0.717) is 5.75 Å². The van der Waals surface area contributed by atoms with Gasteiger partial charge in [0.05, 0.1) is 5.56 Å². The molecular formula is C14H16FNO3. The lowest BCUT2D eigenvalue weighted by Crippen LogP contribution is -2.32. The fraction of sp³-hybridized carbons (Fsp3) is 0.429. The molecule has 0 aromatic heterocycles. The topological polar surface area (TPSA) is 46.6 Å². The number of carbonyl (C=O) groups is 2. The molecule has 1 aromatic carbocycles. The molecule has 0 N–H and O–H groups in total. The molecule has 0 spiro atoms. The van der Waals surface area contributed by atoms with Crippen LogP contribution in [0.15, 0.2) is 18.2 Å². The van der Waals surface area contributed by atoms with Gasteiger partial charge in [0.2, 0.25) is 0 Å². The third-order valence-corrected chi connectivity index (χ3v) is 3.14. The van der Waals surface area contributed by atoms with Gasteiger partial charge in [0.25, 0.3) is 5.91 Å². The lowest BCUT2D eigenvalue weighted by Gasteiger charge is -2.15. The highest BCUT2D eigenvalue weighted by atomic mass is 19.1. The van der Waals surface area contributed by atoms with Gasteiger partial charge in [-0.05, 0) is 38.0 Å². The molecule has 1 aliphatic rings. The standard InChI is InChI=1S/C14H16FNO3/c1-10(17)12-8-11(4-5-13(12)15)19-9-14(18)16-6-2-3-7-16/h4-5,8H,2-3,6-7,9H2,1H3. The summed E-state index contributed by atoms with van der Waals surface area (Å²) in [5.74, 6) is -0.690. The molecule has 1 aliphatic heterocycles. The molecule has 1 amide bonds. The first-order valence-corrected chi connectivity index (χ1v) is 6.29. The summed E-state index contributed by atoms with van der Waals surface area (Å²) in [5.41, 5.74) is -0.0221. The second kappa shape index (κ2) is 5.82. The summed E-state index contributed by atoms with van der Waals surface area (Å²) in [4.78, 5) is 24.7. The van der Waals surface area contributed by atoms with Crippen molar-refractivity contribution < 1.29 is 18.7 Å². The highest BCUT2D eigenvalue weighted by Gasteiger charge is 2.18. The van der Waals surface area contributed by atoms with Crippen molar-refractivity contribution >= 4 is 11.7 Å². The SMILES string of the molecule is CC(=O)c1cc(OCC(=O)N2CCCC2)ccc1F. The first kappa shape index (κ1) is 13.5. The number of hydrogen-bond donors (Lipinski definition) is 0. The van der Waals surface area contributed by atoms with Crippen molar-refractivity contribution in [3.8, 4) is 5.75 Å². The minimum Gasteiger partial charge on any atom is -0.484 e. The maximum absolute atomic E-state index is 13.3. The lowest BCUT2D eigenvalue weighted by molar-refractivity contribution is -0.132. The molecule has 19 heavy (non-hydrogen) atoms. The predicted molar refractivity (Wildman–Crippen MR) is 67.7 cm³/mol. The van der Waals surface area contributed by atoms with Gasteiger partial charge in [0.15, 0.2) is 12.4 Å².